The van der Waals surface area contributed by atoms with Gasteiger partial charge in [0, 0.05) is 11.1 Å². The van der Waals surface area contributed by atoms with E-state index in [1.165, 1.54) is 19.3 Å². The summed E-state index contributed by atoms with van der Waals surface area (Å²) in [7, 11) is -3.66. The molecule has 2 aromatic rings. The van der Waals surface area contributed by atoms with Crippen LogP contribution in [-0.4, -0.2) is 19.9 Å². The van der Waals surface area contributed by atoms with E-state index in [9.17, 15) is 13.2 Å². The Morgan fingerprint density at radius 1 is 0.933 bits per heavy atom. The molecule has 0 aliphatic heterocycles. The van der Waals surface area contributed by atoms with Gasteiger partial charge in [-0.1, -0.05) is 18.2 Å². The van der Waals surface area contributed by atoms with Crippen LogP contribution < -0.4 is 10.0 Å². The van der Waals surface area contributed by atoms with Crippen LogP contribution in [0.15, 0.2) is 53.4 Å². The molecule has 4 saturated carbocycles. The first-order valence-corrected chi connectivity index (χ1v) is 12.3. The van der Waals surface area contributed by atoms with Crippen LogP contribution in [0, 0.1) is 24.7 Å². The number of hydrogen-bond acceptors (Lipinski definition) is 3. The number of rotatable bonds is 5. The molecule has 0 saturated heterocycles. The summed E-state index contributed by atoms with van der Waals surface area (Å²) in [6.45, 7) is 1.82. The summed E-state index contributed by atoms with van der Waals surface area (Å²) in [5.41, 5.74) is 1.77. The molecule has 4 aliphatic carbocycles. The van der Waals surface area contributed by atoms with Crippen LogP contribution in [0.2, 0.25) is 0 Å². The second-order valence-corrected chi connectivity index (χ2v) is 11.3. The molecule has 6 rings (SSSR count). The van der Waals surface area contributed by atoms with Crippen molar-refractivity contribution < 1.29 is 13.2 Å². The predicted octanol–water partition coefficient (Wildman–Crippen LogP) is 4.49. The van der Waals surface area contributed by atoms with Crippen LogP contribution >= 0.6 is 0 Å². The number of sulfonamides is 1. The maximum absolute atomic E-state index is 13.0. The van der Waals surface area contributed by atoms with Gasteiger partial charge in [-0.15, -0.1) is 0 Å². The van der Waals surface area contributed by atoms with Gasteiger partial charge in [0.25, 0.3) is 15.9 Å². The van der Waals surface area contributed by atoms with Gasteiger partial charge in [0.15, 0.2) is 0 Å². The summed E-state index contributed by atoms with van der Waals surface area (Å²) in [6.07, 6.45) is 7.34. The van der Waals surface area contributed by atoms with Gasteiger partial charge in [0.2, 0.25) is 0 Å². The zero-order valence-electron chi connectivity index (χ0n) is 17.2. The van der Waals surface area contributed by atoms with E-state index in [1.54, 1.807) is 48.5 Å². The highest BCUT2D eigenvalue weighted by Crippen LogP contribution is 2.55. The van der Waals surface area contributed by atoms with Crippen LogP contribution in [0.5, 0.6) is 0 Å². The fourth-order valence-corrected chi connectivity index (χ4v) is 7.45. The number of benzene rings is 2. The van der Waals surface area contributed by atoms with E-state index in [0.717, 1.165) is 42.6 Å². The van der Waals surface area contributed by atoms with Gasteiger partial charge in [-0.05, 0) is 99.1 Å². The van der Waals surface area contributed by atoms with Crippen molar-refractivity contribution in [2.75, 3.05) is 4.72 Å². The quantitative estimate of drug-likeness (QED) is 0.742. The number of carbonyl (C=O) groups is 1. The summed E-state index contributed by atoms with van der Waals surface area (Å²) in [6, 6.07) is 13.5. The van der Waals surface area contributed by atoms with Crippen molar-refractivity contribution in [3.05, 3.63) is 59.7 Å². The van der Waals surface area contributed by atoms with Crippen molar-refractivity contribution in [1.29, 1.82) is 0 Å². The number of nitrogens with one attached hydrogen (secondary N) is 2. The van der Waals surface area contributed by atoms with Crippen LogP contribution in [0.4, 0.5) is 5.69 Å². The van der Waals surface area contributed by atoms with Crippen LogP contribution in [-0.2, 0) is 10.0 Å². The summed E-state index contributed by atoms with van der Waals surface area (Å²) in [5.74, 6) is 2.27. The normalized spacial score (nSPS) is 29.6. The zero-order chi connectivity index (χ0) is 20.9. The first-order chi connectivity index (χ1) is 14.3. The van der Waals surface area contributed by atoms with E-state index >= 15 is 0 Å². The lowest BCUT2D eigenvalue weighted by Crippen LogP contribution is -2.59. The molecule has 0 heterocycles. The minimum absolute atomic E-state index is 0.0344. The molecular weight excluding hydrogens is 396 g/mol. The molecule has 0 radical (unpaired) electrons. The van der Waals surface area contributed by atoms with Crippen molar-refractivity contribution in [1.82, 2.24) is 5.32 Å². The number of aryl methyl sites for hydroxylation is 1. The maximum Gasteiger partial charge on any atom is 0.261 e. The Labute approximate surface area is 178 Å². The zero-order valence-corrected chi connectivity index (χ0v) is 18.0. The highest BCUT2D eigenvalue weighted by Gasteiger charge is 2.51. The van der Waals surface area contributed by atoms with E-state index < -0.39 is 10.0 Å². The van der Waals surface area contributed by atoms with Crippen molar-refractivity contribution >= 4 is 21.6 Å². The molecule has 30 heavy (non-hydrogen) atoms. The Balaban J connectivity index is 1.32. The Morgan fingerprint density at radius 3 is 2.10 bits per heavy atom. The van der Waals surface area contributed by atoms with Gasteiger partial charge < -0.3 is 5.32 Å². The fourth-order valence-electron chi connectivity index (χ4n) is 6.30. The molecule has 0 spiro atoms. The van der Waals surface area contributed by atoms with Gasteiger partial charge in [-0.3, -0.25) is 9.52 Å². The van der Waals surface area contributed by atoms with Gasteiger partial charge in [-0.2, -0.15) is 0 Å². The second-order valence-electron chi connectivity index (χ2n) is 9.60. The van der Waals surface area contributed by atoms with Gasteiger partial charge in [0.1, 0.15) is 0 Å². The van der Waals surface area contributed by atoms with Crippen molar-refractivity contribution in [3.63, 3.8) is 0 Å². The standard InChI is InChI=1S/C24H28N2O3S/c1-16-9-20(7-8-22(16)26-30(28,29)21-5-3-2-4-6-21)23(27)25-24-13-17-10-18(14-24)12-19(11-17)15-24/h2-9,17-19,26H,10-15H2,1H3,(H,25,27). The van der Waals surface area contributed by atoms with Crippen molar-refractivity contribution in [2.45, 2.75) is 55.9 Å². The number of carbonyl (C=O) groups excluding carboxylic acids is 1. The first kappa shape index (κ1) is 19.6. The largest absolute Gasteiger partial charge is 0.347 e. The van der Waals surface area contributed by atoms with Gasteiger partial charge in [0.05, 0.1) is 10.6 Å². The van der Waals surface area contributed by atoms with E-state index in [1.807, 2.05) is 6.92 Å². The average molecular weight is 425 g/mol. The van der Waals surface area contributed by atoms with E-state index in [4.69, 9.17) is 0 Å². The molecule has 5 nitrogen and oxygen atoms in total. The molecule has 0 unspecified atom stereocenters. The third-order valence-electron chi connectivity index (χ3n) is 7.20. The fraction of sp³-hybridized carbons (Fsp3) is 0.458. The number of anilines is 1. The Kier molecular flexibility index (Phi) is 4.65. The smallest absolute Gasteiger partial charge is 0.261 e. The Hall–Kier alpha value is -2.34. The molecule has 2 aromatic carbocycles. The highest BCUT2D eigenvalue weighted by molar-refractivity contribution is 7.92. The average Bonchev–Trinajstić information content (AvgIpc) is 2.68. The SMILES string of the molecule is Cc1cc(C(=O)NC23CC4CC(CC(C4)C2)C3)ccc1NS(=O)(=O)c1ccccc1. The van der Waals surface area contributed by atoms with Crippen molar-refractivity contribution in [2.24, 2.45) is 17.8 Å². The third-order valence-corrected chi connectivity index (χ3v) is 8.58. The summed E-state index contributed by atoms with van der Waals surface area (Å²) in [4.78, 5) is 13.3. The molecule has 4 aliphatic rings. The molecule has 0 atom stereocenters. The highest BCUT2D eigenvalue weighted by atomic mass is 32.2. The number of hydrogen-bond donors (Lipinski definition) is 2. The van der Waals surface area contributed by atoms with E-state index in [-0.39, 0.29) is 16.3 Å². The molecule has 1 amide bonds. The van der Waals surface area contributed by atoms with Gasteiger partial charge >= 0.3 is 0 Å². The van der Waals surface area contributed by atoms with Crippen LogP contribution in [0.1, 0.15) is 54.4 Å². The lowest BCUT2D eigenvalue weighted by molar-refractivity contribution is -0.0167. The number of amides is 1. The van der Waals surface area contributed by atoms with E-state index in [2.05, 4.69) is 10.0 Å². The molecule has 4 fully saturated rings. The minimum atomic E-state index is -3.66. The summed E-state index contributed by atoms with van der Waals surface area (Å²) < 4.78 is 27.8. The molecule has 6 heteroatoms. The maximum atomic E-state index is 13.0. The lowest BCUT2D eigenvalue weighted by atomic mass is 9.53. The second kappa shape index (κ2) is 7.12. The van der Waals surface area contributed by atoms with Gasteiger partial charge in [-0.25, -0.2) is 8.42 Å². The topological polar surface area (TPSA) is 75.3 Å². The third kappa shape index (κ3) is 3.62. The van der Waals surface area contributed by atoms with Crippen LogP contribution in [0.3, 0.4) is 0 Å². The summed E-state index contributed by atoms with van der Waals surface area (Å²) >= 11 is 0. The molecule has 4 bridgehead atoms. The molecule has 2 N–H and O–H groups in total. The predicted molar refractivity (Wildman–Crippen MR) is 117 cm³/mol. The Bertz CT molecular complexity index is 1040. The summed E-state index contributed by atoms with van der Waals surface area (Å²) in [5, 5.41) is 3.38. The minimum Gasteiger partial charge on any atom is -0.347 e. The lowest BCUT2D eigenvalue weighted by Gasteiger charge is -2.56. The first-order valence-electron chi connectivity index (χ1n) is 10.8. The molecule has 0 aromatic heterocycles. The molecular formula is C24H28N2O3S. The van der Waals surface area contributed by atoms with Crippen molar-refractivity contribution in [3.8, 4) is 0 Å². The monoisotopic (exact) mass is 424 g/mol. The molecule has 158 valence electrons. The van der Waals surface area contributed by atoms with E-state index in [0.29, 0.717) is 11.3 Å². The Morgan fingerprint density at radius 2 is 1.53 bits per heavy atom. The van der Waals surface area contributed by atoms with Crippen LogP contribution in [0.25, 0.3) is 0 Å².